The maximum atomic E-state index is 12.8. The summed E-state index contributed by atoms with van der Waals surface area (Å²) in [5.41, 5.74) is 1.84. The Morgan fingerprint density at radius 2 is 1.88 bits per heavy atom. The zero-order valence-electron chi connectivity index (χ0n) is 9.01. The Morgan fingerprint density at radius 3 is 2.47 bits per heavy atom. The first-order valence-electron chi connectivity index (χ1n) is 5.13. The molecule has 0 fully saturated rings. The topological polar surface area (TPSA) is 30.0 Å². The normalized spacial score (nSPS) is 11.2. The van der Waals surface area contributed by atoms with Crippen LogP contribution in [0.1, 0.15) is 11.3 Å². The van der Waals surface area contributed by atoms with E-state index in [9.17, 15) is 9.18 Å². The Morgan fingerprint density at radius 1 is 1.12 bits per heavy atom. The third kappa shape index (κ3) is 2.84. The second kappa shape index (κ2) is 5.16. The molecule has 2 rings (SSSR count). The summed E-state index contributed by atoms with van der Waals surface area (Å²) in [6.07, 6.45) is 4.06. The van der Waals surface area contributed by atoms with Gasteiger partial charge in [0.15, 0.2) is 6.29 Å². The molecule has 0 atom stereocenters. The average molecular weight is 227 g/mol. The first kappa shape index (κ1) is 11.2. The first-order chi connectivity index (χ1) is 8.29. The molecular formula is C14H10FNO. The molecule has 1 aromatic heterocycles. The molecule has 1 heterocycles. The molecule has 0 radical (unpaired) electrons. The van der Waals surface area contributed by atoms with Gasteiger partial charge in [-0.1, -0.05) is 18.2 Å². The van der Waals surface area contributed by atoms with Gasteiger partial charge in [0.2, 0.25) is 0 Å². The summed E-state index contributed by atoms with van der Waals surface area (Å²) < 4.78 is 12.8. The predicted octanol–water partition coefficient (Wildman–Crippen LogP) is 2.96. The molecular weight excluding hydrogens is 217 g/mol. The summed E-state index contributed by atoms with van der Waals surface area (Å²) in [6.45, 7) is 0. The van der Waals surface area contributed by atoms with E-state index in [4.69, 9.17) is 0 Å². The molecule has 17 heavy (non-hydrogen) atoms. The van der Waals surface area contributed by atoms with Gasteiger partial charge in [-0.3, -0.25) is 9.78 Å². The summed E-state index contributed by atoms with van der Waals surface area (Å²) in [7, 11) is 0. The summed E-state index contributed by atoms with van der Waals surface area (Å²) in [6, 6.07) is 11.2. The number of carbonyl (C=O) groups is 1. The summed E-state index contributed by atoms with van der Waals surface area (Å²) in [5, 5.41) is 0. The van der Waals surface area contributed by atoms with Gasteiger partial charge in [-0.15, -0.1) is 0 Å². The number of benzene rings is 1. The number of carbonyl (C=O) groups excluding carboxylic acids is 1. The number of pyridine rings is 1. The van der Waals surface area contributed by atoms with Crippen LogP contribution in [0.3, 0.4) is 0 Å². The third-order valence-electron chi connectivity index (χ3n) is 2.30. The Balaban J connectivity index is 2.37. The Bertz CT molecular complexity index is 532. The molecule has 0 unspecified atom stereocenters. The van der Waals surface area contributed by atoms with Crippen molar-refractivity contribution in [3.05, 3.63) is 65.7 Å². The van der Waals surface area contributed by atoms with Crippen LogP contribution in [0, 0.1) is 5.82 Å². The number of hydrogen-bond donors (Lipinski definition) is 0. The molecule has 0 bridgehead atoms. The number of hydrogen-bond acceptors (Lipinski definition) is 2. The summed E-state index contributed by atoms with van der Waals surface area (Å²) in [5.74, 6) is -0.322. The van der Waals surface area contributed by atoms with E-state index in [1.54, 1.807) is 36.5 Å². The molecule has 3 heteroatoms. The lowest BCUT2D eigenvalue weighted by Crippen LogP contribution is -1.88. The second-order valence-electron chi connectivity index (χ2n) is 3.48. The molecule has 0 aliphatic heterocycles. The third-order valence-corrected chi connectivity index (χ3v) is 2.30. The molecule has 2 aromatic rings. The Hall–Kier alpha value is -2.29. The molecule has 0 N–H and O–H groups in total. The summed E-state index contributed by atoms with van der Waals surface area (Å²) in [4.78, 5) is 15.1. The Kier molecular flexibility index (Phi) is 3.40. The van der Waals surface area contributed by atoms with Crippen molar-refractivity contribution >= 4 is 17.9 Å². The van der Waals surface area contributed by atoms with Gasteiger partial charge in [0, 0.05) is 11.8 Å². The predicted molar refractivity (Wildman–Crippen MR) is 64.6 cm³/mol. The van der Waals surface area contributed by atoms with E-state index in [0.717, 1.165) is 6.29 Å². The zero-order chi connectivity index (χ0) is 12.1. The van der Waals surface area contributed by atoms with Crippen LogP contribution >= 0.6 is 0 Å². The molecule has 84 valence electrons. The van der Waals surface area contributed by atoms with Crippen LogP contribution in [-0.4, -0.2) is 11.3 Å². The van der Waals surface area contributed by atoms with Gasteiger partial charge in [0.1, 0.15) is 5.82 Å². The van der Waals surface area contributed by atoms with E-state index in [0.29, 0.717) is 16.8 Å². The largest absolute Gasteiger partial charge is 0.298 e. The van der Waals surface area contributed by atoms with Gasteiger partial charge in [0.05, 0.1) is 5.69 Å². The second-order valence-corrected chi connectivity index (χ2v) is 3.48. The van der Waals surface area contributed by atoms with E-state index in [2.05, 4.69) is 4.98 Å². The SMILES string of the molecule is O=CC(=Cc1ccccn1)c1ccc(F)cc1. The van der Waals surface area contributed by atoms with Crippen LogP contribution in [-0.2, 0) is 4.79 Å². The lowest BCUT2D eigenvalue weighted by Gasteiger charge is -2.00. The molecule has 0 aliphatic carbocycles. The van der Waals surface area contributed by atoms with Gasteiger partial charge in [-0.2, -0.15) is 0 Å². The van der Waals surface area contributed by atoms with Crippen LogP contribution in [0.25, 0.3) is 11.6 Å². The van der Waals surface area contributed by atoms with E-state index in [1.807, 2.05) is 6.07 Å². The van der Waals surface area contributed by atoms with E-state index in [1.165, 1.54) is 12.1 Å². The van der Waals surface area contributed by atoms with Crippen LogP contribution in [0.2, 0.25) is 0 Å². The van der Waals surface area contributed by atoms with Crippen molar-refractivity contribution in [2.75, 3.05) is 0 Å². The average Bonchev–Trinajstić information content (AvgIpc) is 2.38. The van der Waals surface area contributed by atoms with Crippen molar-refractivity contribution in [1.29, 1.82) is 0 Å². The smallest absolute Gasteiger partial charge is 0.150 e. The minimum atomic E-state index is -0.322. The number of rotatable bonds is 3. The Labute approximate surface area is 98.4 Å². The fourth-order valence-electron chi connectivity index (χ4n) is 1.45. The van der Waals surface area contributed by atoms with Crippen LogP contribution < -0.4 is 0 Å². The zero-order valence-corrected chi connectivity index (χ0v) is 9.01. The van der Waals surface area contributed by atoms with Crippen LogP contribution in [0.4, 0.5) is 4.39 Å². The molecule has 0 amide bonds. The fraction of sp³-hybridized carbons (Fsp3) is 0. The lowest BCUT2D eigenvalue weighted by molar-refractivity contribution is -0.103. The van der Waals surface area contributed by atoms with Crippen molar-refractivity contribution < 1.29 is 9.18 Å². The van der Waals surface area contributed by atoms with Gasteiger partial charge in [-0.05, 0) is 35.9 Å². The molecule has 1 aromatic carbocycles. The van der Waals surface area contributed by atoms with Crippen LogP contribution in [0.15, 0.2) is 48.7 Å². The minimum absolute atomic E-state index is 0.322. The van der Waals surface area contributed by atoms with Crippen LogP contribution in [0.5, 0.6) is 0 Å². The quantitative estimate of drug-likeness (QED) is 0.596. The highest BCUT2D eigenvalue weighted by Gasteiger charge is 2.01. The number of nitrogens with zero attached hydrogens (tertiary/aromatic N) is 1. The highest BCUT2D eigenvalue weighted by atomic mass is 19.1. The molecule has 0 aliphatic rings. The number of halogens is 1. The van der Waals surface area contributed by atoms with Crippen molar-refractivity contribution in [3.63, 3.8) is 0 Å². The highest BCUT2D eigenvalue weighted by Crippen LogP contribution is 2.15. The first-order valence-corrected chi connectivity index (χ1v) is 5.13. The van der Waals surface area contributed by atoms with E-state index < -0.39 is 0 Å². The maximum absolute atomic E-state index is 12.8. The maximum Gasteiger partial charge on any atom is 0.150 e. The van der Waals surface area contributed by atoms with Crippen molar-refractivity contribution in [2.24, 2.45) is 0 Å². The van der Waals surface area contributed by atoms with Crippen molar-refractivity contribution in [1.82, 2.24) is 4.98 Å². The van der Waals surface area contributed by atoms with E-state index >= 15 is 0 Å². The standard InChI is InChI=1S/C14H10FNO/c15-13-6-4-11(5-7-13)12(10-17)9-14-3-1-2-8-16-14/h1-10H. The molecule has 0 saturated heterocycles. The van der Waals surface area contributed by atoms with Gasteiger partial charge in [0.25, 0.3) is 0 Å². The van der Waals surface area contributed by atoms with Gasteiger partial charge in [-0.25, -0.2) is 4.39 Å². The van der Waals surface area contributed by atoms with Gasteiger partial charge < -0.3 is 0 Å². The van der Waals surface area contributed by atoms with Gasteiger partial charge >= 0.3 is 0 Å². The molecule has 0 saturated carbocycles. The minimum Gasteiger partial charge on any atom is -0.298 e. The van der Waals surface area contributed by atoms with Crippen molar-refractivity contribution in [2.45, 2.75) is 0 Å². The van der Waals surface area contributed by atoms with Crippen molar-refractivity contribution in [3.8, 4) is 0 Å². The molecule has 2 nitrogen and oxygen atoms in total. The monoisotopic (exact) mass is 227 g/mol. The summed E-state index contributed by atoms with van der Waals surface area (Å²) >= 11 is 0. The van der Waals surface area contributed by atoms with E-state index in [-0.39, 0.29) is 5.82 Å². The fourth-order valence-corrected chi connectivity index (χ4v) is 1.45. The molecule has 0 spiro atoms. The highest BCUT2D eigenvalue weighted by molar-refractivity contribution is 6.13. The number of aromatic nitrogens is 1. The number of aldehydes is 1. The number of allylic oxidation sites excluding steroid dienone is 1. The lowest BCUT2D eigenvalue weighted by atomic mass is 10.1.